The van der Waals surface area contributed by atoms with Crippen LogP contribution in [-0.4, -0.2) is 30.3 Å². The molecule has 6 heteroatoms. The molecule has 0 fully saturated rings. The lowest BCUT2D eigenvalue weighted by Crippen LogP contribution is -2.26. The van der Waals surface area contributed by atoms with E-state index in [2.05, 4.69) is 0 Å². The van der Waals surface area contributed by atoms with Crippen LogP contribution >= 0.6 is 0 Å². The van der Waals surface area contributed by atoms with E-state index >= 15 is 0 Å². The average molecular weight is 494 g/mol. The van der Waals surface area contributed by atoms with Gasteiger partial charge in [0.15, 0.2) is 15.5 Å². The molecule has 3 aromatic carbocycles. The molecular weight excluding hydrogens is 460 g/mol. The molecule has 35 heavy (non-hydrogen) atoms. The van der Waals surface area contributed by atoms with Gasteiger partial charge in [0.25, 0.3) is 0 Å². The number of carbonyl (C=O) groups excluding carboxylic acids is 2. The number of hydrogen-bond acceptors (Lipinski definition) is 5. The normalized spacial score (nSPS) is 12.5. The molecular formula is C29H33O5S+. The number of carbonyl (C=O) groups is 2. The number of ether oxygens (including phenoxy) is 3. The van der Waals surface area contributed by atoms with Crippen molar-refractivity contribution in [3.8, 4) is 5.75 Å². The predicted molar refractivity (Wildman–Crippen MR) is 138 cm³/mol. The Bertz CT molecular complexity index is 1190. The second kappa shape index (κ2) is 10.6. The molecule has 0 saturated carbocycles. The molecule has 0 N–H and O–H groups in total. The summed E-state index contributed by atoms with van der Waals surface area (Å²) in [6.45, 7) is 10.9. The van der Waals surface area contributed by atoms with E-state index in [9.17, 15) is 9.59 Å². The Labute approximate surface area is 210 Å². The molecule has 0 bridgehead atoms. The Hall–Kier alpha value is -3.25. The maximum Gasteiger partial charge on any atom is 0.343 e. The molecule has 0 radical (unpaired) electrons. The molecule has 3 aromatic rings. The SMILES string of the molecule is COc1ccccc1[S+](c1ccccc1)c1ccc(C(=O)OC(C)(C)C)cc1C(=O)OC(C)(C)C. The molecule has 0 aromatic heterocycles. The van der Waals surface area contributed by atoms with Crippen LogP contribution in [0.2, 0.25) is 0 Å². The van der Waals surface area contributed by atoms with Crippen LogP contribution < -0.4 is 4.74 Å². The van der Waals surface area contributed by atoms with Gasteiger partial charge in [0.05, 0.1) is 12.7 Å². The predicted octanol–water partition coefficient (Wildman–Crippen LogP) is 6.70. The highest BCUT2D eigenvalue weighted by atomic mass is 32.2. The third-order valence-corrected chi connectivity index (χ3v) is 7.04. The van der Waals surface area contributed by atoms with Gasteiger partial charge in [-0.15, -0.1) is 0 Å². The number of esters is 2. The summed E-state index contributed by atoms with van der Waals surface area (Å²) in [6, 6.07) is 22.8. The van der Waals surface area contributed by atoms with E-state index in [1.165, 1.54) is 0 Å². The summed E-state index contributed by atoms with van der Waals surface area (Å²) >= 11 is 0. The fraction of sp³-hybridized carbons (Fsp3) is 0.310. The minimum Gasteiger partial charge on any atom is -0.491 e. The summed E-state index contributed by atoms with van der Waals surface area (Å²) < 4.78 is 17.0. The van der Waals surface area contributed by atoms with Crippen LogP contribution in [0.3, 0.4) is 0 Å². The first-order valence-electron chi connectivity index (χ1n) is 11.4. The summed E-state index contributed by atoms with van der Waals surface area (Å²) in [4.78, 5) is 29.0. The summed E-state index contributed by atoms with van der Waals surface area (Å²) in [7, 11) is 0.926. The Kier molecular flexibility index (Phi) is 7.96. The quantitative estimate of drug-likeness (QED) is 0.282. The summed E-state index contributed by atoms with van der Waals surface area (Å²) in [5.41, 5.74) is -0.748. The summed E-state index contributed by atoms with van der Waals surface area (Å²) in [5, 5.41) is 0. The van der Waals surface area contributed by atoms with Crippen LogP contribution in [0, 0.1) is 0 Å². The number of rotatable bonds is 6. The van der Waals surface area contributed by atoms with E-state index < -0.39 is 34.0 Å². The van der Waals surface area contributed by atoms with Gasteiger partial charge in [-0.05, 0) is 84.0 Å². The summed E-state index contributed by atoms with van der Waals surface area (Å²) in [6.07, 6.45) is 0. The van der Waals surface area contributed by atoms with Crippen molar-refractivity contribution < 1.29 is 23.8 Å². The zero-order valence-corrected chi connectivity index (χ0v) is 22.2. The number of benzene rings is 3. The van der Waals surface area contributed by atoms with Crippen molar-refractivity contribution in [3.63, 3.8) is 0 Å². The van der Waals surface area contributed by atoms with Gasteiger partial charge in [-0.3, -0.25) is 0 Å². The van der Waals surface area contributed by atoms with Gasteiger partial charge in [-0.25, -0.2) is 9.59 Å². The Morgan fingerprint density at radius 2 is 1.26 bits per heavy atom. The largest absolute Gasteiger partial charge is 0.491 e. The number of methoxy groups -OCH3 is 1. The average Bonchev–Trinajstić information content (AvgIpc) is 2.78. The van der Waals surface area contributed by atoms with Crippen LogP contribution in [-0.2, 0) is 20.4 Å². The van der Waals surface area contributed by atoms with Crippen LogP contribution in [0.25, 0.3) is 0 Å². The molecule has 0 spiro atoms. The highest BCUT2D eigenvalue weighted by Crippen LogP contribution is 2.39. The van der Waals surface area contributed by atoms with E-state index in [1.54, 1.807) is 19.2 Å². The lowest BCUT2D eigenvalue weighted by atomic mass is 10.1. The molecule has 0 heterocycles. The smallest absolute Gasteiger partial charge is 0.343 e. The highest BCUT2D eigenvalue weighted by molar-refractivity contribution is 7.97. The second-order valence-electron chi connectivity index (χ2n) is 9.98. The van der Waals surface area contributed by atoms with Crippen LogP contribution in [0.5, 0.6) is 5.75 Å². The fourth-order valence-electron chi connectivity index (χ4n) is 3.38. The van der Waals surface area contributed by atoms with Crippen molar-refractivity contribution in [3.05, 3.63) is 83.9 Å². The Morgan fingerprint density at radius 3 is 1.86 bits per heavy atom. The van der Waals surface area contributed by atoms with Gasteiger partial charge in [-0.1, -0.05) is 30.3 Å². The van der Waals surface area contributed by atoms with E-state index in [4.69, 9.17) is 14.2 Å². The van der Waals surface area contributed by atoms with Crippen molar-refractivity contribution in [2.75, 3.05) is 7.11 Å². The second-order valence-corrected chi connectivity index (χ2v) is 11.9. The standard InChI is InChI=1S/C29H33O5S/c1-28(2,3)33-26(30)20-17-18-24(22(19-20)27(31)34-29(4,5)6)35(21-13-9-8-10-14-21)25-16-12-11-15-23(25)32-7/h8-19H,1-7H3/q+1. The first-order valence-corrected chi connectivity index (χ1v) is 12.7. The van der Waals surface area contributed by atoms with E-state index in [1.807, 2.05) is 102 Å². The molecule has 0 amide bonds. The Morgan fingerprint density at radius 1 is 0.686 bits per heavy atom. The van der Waals surface area contributed by atoms with E-state index in [0.29, 0.717) is 16.9 Å². The minimum atomic E-state index is -0.705. The van der Waals surface area contributed by atoms with E-state index in [-0.39, 0.29) is 0 Å². The molecule has 0 aliphatic heterocycles. The van der Waals surface area contributed by atoms with Crippen molar-refractivity contribution in [2.24, 2.45) is 0 Å². The highest BCUT2D eigenvalue weighted by Gasteiger charge is 2.37. The molecule has 0 aliphatic carbocycles. The first kappa shape index (κ1) is 26.4. The van der Waals surface area contributed by atoms with Crippen LogP contribution in [0.1, 0.15) is 62.3 Å². The lowest BCUT2D eigenvalue weighted by Gasteiger charge is -2.22. The maximum absolute atomic E-state index is 13.5. The number of hydrogen-bond donors (Lipinski definition) is 0. The van der Waals surface area contributed by atoms with Gasteiger partial charge < -0.3 is 14.2 Å². The Balaban J connectivity index is 2.25. The maximum atomic E-state index is 13.5. The molecule has 0 aliphatic rings. The first-order chi connectivity index (χ1) is 16.4. The molecule has 1 atom stereocenters. The fourth-order valence-corrected chi connectivity index (χ4v) is 5.69. The van der Waals surface area contributed by atoms with Crippen molar-refractivity contribution in [1.82, 2.24) is 0 Å². The molecule has 1 unspecified atom stereocenters. The van der Waals surface area contributed by atoms with Gasteiger partial charge in [0, 0.05) is 0 Å². The lowest BCUT2D eigenvalue weighted by molar-refractivity contribution is 0.00650. The van der Waals surface area contributed by atoms with Crippen LogP contribution in [0.15, 0.2) is 87.5 Å². The molecule has 0 saturated heterocycles. The molecule has 3 rings (SSSR count). The van der Waals surface area contributed by atoms with Crippen molar-refractivity contribution in [1.29, 1.82) is 0 Å². The summed E-state index contributed by atoms with van der Waals surface area (Å²) in [5.74, 6) is -0.280. The minimum absolute atomic E-state index is 0.293. The molecule has 184 valence electrons. The third kappa shape index (κ3) is 6.89. The van der Waals surface area contributed by atoms with Crippen molar-refractivity contribution in [2.45, 2.75) is 67.4 Å². The van der Waals surface area contributed by atoms with Crippen LogP contribution in [0.4, 0.5) is 0 Å². The van der Waals surface area contributed by atoms with Gasteiger partial charge in [0.2, 0.25) is 4.90 Å². The van der Waals surface area contributed by atoms with Crippen molar-refractivity contribution >= 4 is 22.8 Å². The van der Waals surface area contributed by atoms with E-state index in [0.717, 1.165) is 14.7 Å². The number of para-hydroxylation sites is 1. The van der Waals surface area contributed by atoms with Gasteiger partial charge in [-0.2, -0.15) is 0 Å². The third-order valence-electron chi connectivity index (χ3n) is 4.72. The zero-order chi connectivity index (χ0) is 25.8. The monoisotopic (exact) mass is 493 g/mol. The van der Waals surface area contributed by atoms with Gasteiger partial charge >= 0.3 is 11.9 Å². The zero-order valence-electron chi connectivity index (χ0n) is 21.4. The molecule has 5 nitrogen and oxygen atoms in total. The van der Waals surface area contributed by atoms with Gasteiger partial charge in [0.1, 0.15) is 27.7 Å². The topological polar surface area (TPSA) is 61.8 Å².